The monoisotopic (exact) mass is 314 g/mol. The molecule has 21 heavy (non-hydrogen) atoms. The Hall–Kier alpha value is -0.980. The number of rotatable bonds is 4. The van der Waals surface area contributed by atoms with Gasteiger partial charge in [0.25, 0.3) is 0 Å². The molecule has 1 aliphatic heterocycles. The third-order valence-corrected chi connectivity index (χ3v) is 5.44. The van der Waals surface area contributed by atoms with E-state index in [1.807, 2.05) is 19.9 Å². The van der Waals surface area contributed by atoms with Crippen molar-refractivity contribution in [2.45, 2.75) is 32.4 Å². The van der Waals surface area contributed by atoms with Gasteiger partial charge in [0, 0.05) is 30.7 Å². The Bertz CT molecular complexity index is 591. The summed E-state index contributed by atoms with van der Waals surface area (Å²) < 4.78 is 38.5. The predicted molar refractivity (Wildman–Crippen MR) is 81.9 cm³/mol. The first-order chi connectivity index (χ1) is 9.79. The first kappa shape index (κ1) is 16.4. The number of nitrogens with zero attached hydrogens (tertiary/aromatic N) is 1. The number of nitrogens with one attached hydrogen (secondary N) is 1. The van der Waals surface area contributed by atoms with E-state index in [9.17, 15) is 12.8 Å². The van der Waals surface area contributed by atoms with Crippen molar-refractivity contribution in [2.75, 3.05) is 19.3 Å². The van der Waals surface area contributed by atoms with Gasteiger partial charge in [-0.05, 0) is 25.3 Å². The molecule has 4 nitrogen and oxygen atoms in total. The minimum Gasteiger partial charge on any atom is -0.307 e. The molecule has 1 saturated heterocycles. The predicted octanol–water partition coefficient (Wildman–Crippen LogP) is 2.15. The second-order valence-corrected chi connectivity index (χ2v) is 7.89. The van der Waals surface area contributed by atoms with Crippen LogP contribution in [0.1, 0.15) is 31.9 Å². The molecule has 0 bridgehead atoms. The summed E-state index contributed by atoms with van der Waals surface area (Å²) in [6.07, 6.45) is 1.99. The van der Waals surface area contributed by atoms with E-state index in [2.05, 4.69) is 5.32 Å². The van der Waals surface area contributed by atoms with Crippen LogP contribution in [0, 0.1) is 11.7 Å². The van der Waals surface area contributed by atoms with E-state index in [4.69, 9.17) is 0 Å². The number of halogens is 1. The zero-order chi connectivity index (χ0) is 15.6. The van der Waals surface area contributed by atoms with Crippen LogP contribution < -0.4 is 5.32 Å². The van der Waals surface area contributed by atoms with Crippen molar-refractivity contribution in [3.05, 3.63) is 35.6 Å². The molecule has 1 heterocycles. The molecule has 1 N–H and O–H groups in total. The van der Waals surface area contributed by atoms with E-state index < -0.39 is 10.0 Å². The highest BCUT2D eigenvalue weighted by molar-refractivity contribution is 7.88. The Labute approximate surface area is 126 Å². The van der Waals surface area contributed by atoms with Crippen molar-refractivity contribution in [1.82, 2.24) is 9.62 Å². The minimum atomic E-state index is -3.12. The van der Waals surface area contributed by atoms with Gasteiger partial charge in [0.15, 0.2) is 0 Å². The first-order valence-electron chi connectivity index (χ1n) is 7.24. The summed E-state index contributed by atoms with van der Waals surface area (Å²) in [6.45, 7) is 5.00. The lowest BCUT2D eigenvalue weighted by Gasteiger charge is -2.37. The highest BCUT2D eigenvalue weighted by Crippen LogP contribution is 2.23. The molecule has 0 aromatic heterocycles. The fourth-order valence-corrected chi connectivity index (χ4v) is 3.84. The van der Waals surface area contributed by atoms with Gasteiger partial charge < -0.3 is 5.32 Å². The van der Waals surface area contributed by atoms with Gasteiger partial charge in [-0.1, -0.05) is 25.1 Å². The molecule has 0 radical (unpaired) electrons. The van der Waals surface area contributed by atoms with E-state index in [-0.39, 0.29) is 23.8 Å². The van der Waals surface area contributed by atoms with Crippen molar-refractivity contribution < 1.29 is 12.8 Å². The third-order valence-electron chi connectivity index (χ3n) is 4.17. The van der Waals surface area contributed by atoms with E-state index in [0.717, 1.165) is 6.42 Å². The molecule has 0 aliphatic carbocycles. The van der Waals surface area contributed by atoms with Gasteiger partial charge in [-0.15, -0.1) is 0 Å². The Balaban J connectivity index is 2.00. The molecule has 0 unspecified atom stereocenters. The molecule has 1 fully saturated rings. The zero-order valence-electron chi connectivity index (χ0n) is 12.7. The van der Waals surface area contributed by atoms with E-state index in [1.54, 1.807) is 12.1 Å². The van der Waals surface area contributed by atoms with Crippen LogP contribution in [0.25, 0.3) is 0 Å². The molecule has 0 spiro atoms. The largest absolute Gasteiger partial charge is 0.307 e. The van der Waals surface area contributed by atoms with E-state index in [0.29, 0.717) is 18.7 Å². The molecule has 0 saturated carbocycles. The van der Waals surface area contributed by atoms with Crippen LogP contribution in [0.2, 0.25) is 0 Å². The Morgan fingerprint density at radius 1 is 1.38 bits per heavy atom. The lowest BCUT2D eigenvalue weighted by atomic mass is 9.93. The molecule has 3 atom stereocenters. The van der Waals surface area contributed by atoms with Crippen LogP contribution >= 0.6 is 0 Å². The summed E-state index contributed by atoms with van der Waals surface area (Å²) >= 11 is 0. The maximum Gasteiger partial charge on any atom is 0.211 e. The summed E-state index contributed by atoms with van der Waals surface area (Å²) in [5.41, 5.74) is 0.648. The maximum absolute atomic E-state index is 13.8. The smallest absolute Gasteiger partial charge is 0.211 e. The van der Waals surface area contributed by atoms with Crippen molar-refractivity contribution in [3.63, 3.8) is 0 Å². The quantitative estimate of drug-likeness (QED) is 0.926. The van der Waals surface area contributed by atoms with Crippen LogP contribution in [-0.2, 0) is 10.0 Å². The highest BCUT2D eigenvalue weighted by atomic mass is 32.2. The van der Waals surface area contributed by atoms with Gasteiger partial charge >= 0.3 is 0 Å². The van der Waals surface area contributed by atoms with Crippen LogP contribution in [0.4, 0.5) is 4.39 Å². The zero-order valence-corrected chi connectivity index (χ0v) is 13.5. The van der Waals surface area contributed by atoms with Gasteiger partial charge in [0.1, 0.15) is 5.82 Å². The molecule has 1 aliphatic rings. The molecule has 6 heteroatoms. The summed E-state index contributed by atoms with van der Waals surface area (Å²) in [5.74, 6) is -0.0126. The molecule has 1 aromatic rings. The van der Waals surface area contributed by atoms with Crippen LogP contribution in [0.5, 0.6) is 0 Å². The number of sulfonamides is 1. The topological polar surface area (TPSA) is 49.4 Å². The van der Waals surface area contributed by atoms with Crippen molar-refractivity contribution >= 4 is 10.0 Å². The average molecular weight is 314 g/mol. The highest BCUT2D eigenvalue weighted by Gasteiger charge is 2.31. The van der Waals surface area contributed by atoms with E-state index in [1.165, 1.54) is 16.6 Å². The Kier molecular flexibility index (Phi) is 5.01. The van der Waals surface area contributed by atoms with Crippen molar-refractivity contribution in [1.29, 1.82) is 0 Å². The summed E-state index contributed by atoms with van der Waals surface area (Å²) in [4.78, 5) is 0. The summed E-state index contributed by atoms with van der Waals surface area (Å²) in [7, 11) is -3.12. The second-order valence-electron chi connectivity index (χ2n) is 5.90. The SMILES string of the molecule is C[C@H](N[C@H]1CCN(S(C)(=O)=O)C[C@@H]1C)c1ccccc1F. The van der Waals surface area contributed by atoms with Gasteiger partial charge in [0.2, 0.25) is 10.0 Å². The maximum atomic E-state index is 13.8. The lowest BCUT2D eigenvalue weighted by Crippen LogP contribution is -2.50. The van der Waals surface area contributed by atoms with Gasteiger partial charge in [-0.3, -0.25) is 0 Å². The van der Waals surface area contributed by atoms with Crippen molar-refractivity contribution in [3.8, 4) is 0 Å². The minimum absolute atomic E-state index is 0.0940. The lowest BCUT2D eigenvalue weighted by molar-refractivity contribution is 0.210. The van der Waals surface area contributed by atoms with Gasteiger partial charge in [0.05, 0.1) is 6.26 Å². The van der Waals surface area contributed by atoms with Crippen molar-refractivity contribution in [2.24, 2.45) is 5.92 Å². The number of hydrogen-bond acceptors (Lipinski definition) is 3. The van der Waals surface area contributed by atoms with Gasteiger partial charge in [-0.25, -0.2) is 17.1 Å². The first-order valence-corrected chi connectivity index (χ1v) is 9.09. The average Bonchev–Trinajstić information content (AvgIpc) is 2.40. The third kappa shape index (κ3) is 4.02. The normalized spacial score (nSPS) is 25.7. The molecule has 1 aromatic carbocycles. The number of hydrogen-bond donors (Lipinski definition) is 1. The summed E-state index contributed by atoms with van der Waals surface area (Å²) in [6, 6.07) is 6.85. The van der Waals surface area contributed by atoms with Crippen LogP contribution in [0.3, 0.4) is 0 Å². The fraction of sp³-hybridized carbons (Fsp3) is 0.600. The van der Waals surface area contributed by atoms with Crippen LogP contribution in [-0.4, -0.2) is 38.1 Å². The standard InChI is InChI=1S/C15H23FN2O2S/c1-11-10-18(21(3,19)20)9-8-15(11)17-12(2)13-6-4-5-7-14(13)16/h4-7,11-12,15,17H,8-10H2,1-3H3/t11-,12-,15-/m0/s1. The molecule has 2 rings (SSSR count). The Morgan fingerprint density at radius 2 is 2.05 bits per heavy atom. The summed E-state index contributed by atoms with van der Waals surface area (Å²) in [5, 5.41) is 3.44. The molecular weight excluding hydrogens is 291 g/mol. The second kappa shape index (κ2) is 6.42. The molecular formula is C15H23FN2O2S. The molecule has 118 valence electrons. The number of benzene rings is 1. The molecule has 0 amide bonds. The van der Waals surface area contributed by atoms with Crippen LogP contribution in [0.15, 0.2) is 24.3 Å². The number of piperidine rings is 1. The fourth-order valence-electron chi connectivity index (χ4n) is 2.89. The Morgan fingerprint density at radius 3 is 2.62 bits per heavy atom. The van der Waals surface area contributed by atoms with E-state index >= 15 is 0 Å². The van der Waals surface area contributed by atoms with Gasteiger partial charge in [-0.2, -0.15) is 0 Å².